The van der Waals surface area contributed by atoms with E-state index >= 15 is 0 Å². The van der Waals surface area contributed by atoms with Gasteiger partial charge in [0.15, 0.2) is 5.11 Å². The zero-order valence-electron chi connectivity index (χ0n) is 22.8. The third-order valence-corrected chi connectivity index (χ3v) is 9.23. The standard InChI is InChI=1S/C32H26BrN5O2S2/c1-20-19-28(21(2)36(20)23-8-6-22(33)7-9-23)31-30(29-5-3-4-18-34-29)35-32(41)37(31)24-10-14-26(15-11-24)42-27-16-12-25(13-17-27)38(39)40/h3-19,30-31H,1-2H3,(H,35,41)/t30-,31-/m0/s1. The van der Waals surface area contributed by atoms with Crippen molar-refractivity contribution in [1.29, 1.82) is 0 Å². The number of aromatic nitrogens is 2. The number of non-ortho nitro benzene ring substituents is 1. The van der Waals surface area contributed by atoms with Gasteiger partial charge in [0.25, 0.3) is 5.69 Å². The van der Waals surface area contributed by atoms with Crippen LogP contribution in [0.15, 0.2) is 118 Å². The molecule has 1 N–H and O–H groups in total. The maximum atomic E-state index is 11.0. The van der Waals surface area contributed by atoms with E-state index < -0.39 is 0 Å². The van der Waals surface area contributed by atoms with E-state index in [1.54, 1.807) is 23.9 Å². The van der Waals surface area contributed by atoms with Crippen LogP contribution >= 0.6 is 39.9 Å². The Bertz CT molecular complexity index is 1760. The fraction of sp³-hybridized carbons (Fsp3) is 0.125. The molecule has 42 heavy (non-hydrogen) atoms. The molecule has 0 amide bonds. The summed E-state index contributed by atoms with van der Waals surface area (Å²) in [6.45, 7) is 4.28. The second-order valence-electron chi connectivity index (χ2n) is 9.98. The predicted molar refractivity (Wildman–Crippen MR) is 175 cm³/mol. The molecule has 7 nitrogen and oxygen atoms in total. The molecule has 1 aliphatic rings. The number of anilines is 1. The minimum absolute atomic E-state index is 0.0812. The van der Waals surface area contributed by atoms with Gasteiger partial charge >= 0.3 is 0 Å². The minimum Gasteiger partial charge on any atom is -0.351 e. The summed E-state index contributed by atoms with van der Waals surface area (Å²) in [4.78, 5) is 19.4. The Morgan fingerprint density at radius 2 is 1.57 bits per heavy atom. The van der Waals surface area contributed by atoms with E-state index in [-0.39, 0.29) is 22.7 Å². The minimum atomic E-state index is -0.388. The average Bonchev–Trinajstić information content (AvgIpc) is 3.49. The number of benzene rings is 3. The van der Waals surface area contributed by atoms with Crippen molar-refractivity contribution in [3.8, 4) is 5.69 Å². The number of hydrogen-bond donors (Lipinski definition) is 1. The maximum absolute atomic E-state index is 11.0. The number of nitro groups is 1. The number of halogens is 1. The Kier molecular flexibility index (Phi) is 7.85. The number of thiocarbonyl (C=S) groups is 1. The lowest BCUT2D eigenvalue weighted by atomic mass is 9.96. The normalized spacial score (nSPS) is 16.5. The van der Waals surface area contributed by atoms with Crippen LogP contribution < -0.4 is 10.2 Å². The molecule has 10 heteroatoms. The first-order valence-electron chi connectivity index (χ1n) is 13.3. The van der Waals surface area contributed by atoms with Crippen molar-refractivity contribution in [3.05, 3.63) is 140 Å². The number of hydrogen-bond acceptors (Lipinski definition) is 5. The van der Waals surface area contributed by atoms with Gasteiger partial charge in [0.2, 0.25) is 0 Å². The van der Waals surface area contributed by atoms with Gasteiger partial charge in [-0.05, 0) is 110 Å². The van der Waals surface area contributed by atoms with Gasteiger partial charge in [-0.25, -0.2) is 0 Å². The van der Waals surface area contributed by atoms with Crippen LogP contribution in [0.5, 0.6) is 0 Å². The molecule has 6 rings (SSSR count). The summed E-state index contributed by atoms with van der Waals surface area (Å²) in [5, 5.41) is 15.2. The molecule has 0 saturated carbocycles. The van der Waals surface area contributed by atoms with Gasteiger partial charge in [0.1, 0.15) is 0 Å². The Balaban J connectivity index is 1.37. The molecule has 2 atom stereocenters. The van der Waals surface area contributed by atoms with Gasteiger partial charge in [0, 0.05) is 55.4 Å². The molecule has 3 heterocycles. The smallest absolute Gasteiger partial charge is 0.269 e. The fourth-order valence-corrected chi connectivity index (χ4v) is 6.90. The lowest BCUT2D eigenvalue weighted by molar-refractivity contribution is -0.384. The Labute approximate surface area is 261 Å². The van der Waals surface area contributed by atoms with Crippen molar-refractivity contribution < 1.29 is 4.92 Å². The van der Waals surface area contributed by atoms with Crippen LogP contribution in [0, 0.1) is 24.0 Å². The number of nitro benzene ring substituents is 1. The van der Waals surface area contributed by atoms with Crippen molar-refractivity contribution in [2.24, 2.45) is 0 Å². The third kappa shape index (κ3) is 5.45. The van der Waals surface area contributed by atoms with Gasteiger partial charge in [-0.1, -0.05) is 33.8 Å². The first kappa shape index (κ1) is 28.1. The quantitative estimate of drug-likeness (QED) is 0.107. The molecule has 1 saturated heterocycles. The zero-order valence-corrected chi connectivity index (χ0v) is 26.0. The molecular weight excluding hydrogens is 630 g/mol. The monoisotopic (exact) mass is 655 g/mol. The number of pyridine rings is 1. The highest BCUT2D eigenvalue weighted by atomic mass is 79.9. The van der Waals surface area contributed by atoms with Crippen LogP contribution in [-0.4, -0.2) is 19.6 Å². The largest absolute Gasteiger partial charge is 0.351 e. The topological polar surface area (TPSA) is 76.2 Å². The molecule has 5 aromatic rings. The maximum Gasteiger partial charge on any atom is 0.269 e. The van der Waals surface area contributed by atoms with Crippen LogP contribution in [0.1, 0.15) is 34.7 Å². The SMILES string of the molecule is Cc1cc([C@H]2[C@H](c3ccccn3)NC(=S)N2c2ccc(Sc3ccc([N+](=O)[O-])cc3)cc2)c(C)n1-c1ccc(Br)cc1. The van der Waals surface area contributed by atoms with E-state index in [0.29, 0.717) is 5.11 Å². The number of nitrogens with zero attached hydrogens (tertiary/aromatic N) is 4. The number of aryl methyl sites for hydroxylation is 1. The highest BCUT2D eigenvalue weighted by Gasteiger charge is 2.42. The van der Waals surface area contributed by atoms with Crippen molar-refractivity contribution in [3.63, 3.8) is 0 Å². The summed E-state index contributed by atoms with van der Waals surface area (Å²) in [6, 6.07) is 31.1. The number of rotatable bonds is 7. The summed E-state index contributed by atoms with van der Waals surface area (Å²) < 4.78 is 3.32. The van der Waals surface area contributed by atoms with Gasteiger partial charge in [0.05, 0.1) is 22.7 Å². The Hall–Kier alpha value is -3.99. The van der Waals surface area contributed by atoms with Crippen molar-refractivity contribution in [2.75, 3.05) is 4.90 Å². The summed E-state index contributed by atoms with van der Waals surface area (Å²) in [7, 11) is 0. The molecule has 0 bridgehead atoms. The van der Waals surface area contributed by atoms with Crippen molar-refractivity contribution in [1.82, 2.24) is 14.9 Å². The van der Waals surface area contributed by atoms with Gasteiger partial charge < -0.3 is 14.8 Å². The first-order chi connectivity index (χ1) is 20.3. The third-order valence-electron chi connectivity index (χ3n) is 7.37. The highest BCUT2D eigenvalue weighted by molar-refractivity contribution is 9.10. The molecule has 1 aliphatic heterocycles. The van der Waals surface area contributed by atoms with E-state index in [2.05, 4.69) is 99.2 Å². The Morgan fingerprint density at radius 1 is 0.929 bits per heavy atom. The van der Waals surface area contributed by atoms with E-state index in [1.165, 1.54) is 17.7 Å². The summed E-state index contributed by atoms with van der Waals surface area (Å²) in [5.41, 5.74) is 6.52. The second kappa shape index (κ2) is 11.7. The second-order valence-corrected chi connectivity index (χ2v) is 12.4. The average molecular weight is 657 g/mol. The first-order valence-corrected chi connectivity index (χ1v) is 15.3. The van der Waals surface area contributed by atoms with Gasteiger partial charge in [-0.3, -0.25) is 15.1 Å². The van der Waals surface area contributed by atoms with Crippen LogP contribution in [0.2, 0.25) is 0 Å². The molecule has 0 aliphatic carbocycles. The summed E-state index contributed by atoms with van der Waals surface area (Å²) >= 11 is 11.1. The predicted octanol–water partition coefficient (Wildman–Crippen LogP) is 8.49. The number of nitrogens with one attached hydrogen (secondary N) is 1. The van der Waals surface area contributed by atoms with Crippen molar-refractivity contribution >= 4 is 56.4 Å². The van der Waals surface area contributed by atoms with Crippen LogP contribution in [-0.2, 0) is 0 Å². The zero-order chi connectivity index (χ0) is 29.4. The van der Waals surface area contributed by atoms with Crippen LogP contribution in [0.25, 0.3) is 5.69 Å². The van der Waals surface area contributed by atoms with Gasteiger partial charge in [-0.2, -0.15) is 0 Å². The summed E-state index contributed by atoms with van der Waals surface area (Å²) in [6.07, 6.45) is 1.81. The molecule has 0 unspecified atom stereocenters. The molecular formula is C32H26BrN5O2S2. The van der Waals surface area contributed by atoms with Gasteiger partial charge in [-0.15, -0.1) is 0 Å². The van der Waals surface area contributed by atoms with E-state index in [4.69, 9.17) is 17.2 Å². The van der Waals surface area contributed by atoms with E-state index in [0.717, 1.165) is 42.7 Å². The van der Waals surface area contributed by atoms with E-state index in [1.807, 2.05) is 24.4 Å². The summed E-state index contributed by atoms with van der Waals surface area (Å²) in [5.74, 6) is 0. The van der Waals surface area contributed by atoms with Crippen molar-refractivity contribution in [2.45, 2.75) is 35.7 Å². The van der Waals surface area contributed by atoms with E-state index in [9.17, 15) is 10.1 Å². The van der Waals surface area contributed by atoms with Crippen LogP contribution in [0.3, 0.4) is 0 Å². The molecule has 2 aromatic heterocycles. The lowest BCUT2D eigenvalue weighted by Gasteiger charge is -2.28. The molecule has 0 spiro atoms. The Morgan fingerprint density at radius 3 is 2.19 bits per heavy atom. The molecule has 3 aromatic carbocycles. The van der Waals surface area contributed by atoms with Crippen LogP contribution in [0.4, 0.5) is 11.4 Å². The highest BCUT2D eigenvalue weighted by Crippen LogP contribution is 2.44. The molecule has 0 radical (unpaired) electrons. The fourth-order valence-electron chi connectivity index (χ4n) is 5.47. The molecule has 210 valence electrons. The molecule has 1 fully saturated rings. The lowest BCUT2D eigenvalue weighted by Crippen LogP contribution is -2.29.